The first-order valence-electron chi connectivity index (χ1n) is 5.66. The second-order valence-electron chi connectivity index (χ2n) is 4.14. The summed E-state index contributed by atoms with van der Waals surface area (Å²) in [6.45, 7) is 3.45. The second-order valence-corrected chi connectivity index (χ2v) is 4.14. The van der Waals surface area contributed by atoms with Crippen molar-refractivity contribution in [1.82, 2.24) is 0 Å². The van der Waals surface area contributed by atoms with Gasteiger partial charge in [0.2, 0.25) is 0 Å². The molecule has 16 heavy (non-hydrogen) atoms. The third-order valence-corrected chi connectivity index (χ3v) is 3.10. The molecule has 0 heterocycles. The number of halogens is 1. The van der Waals surface area contributed by atoms with Crippen LogP contribution in [0.2, 0.25) is 0 Å². The Morgan fingerprint density at radius 2 is 2.25 bits per heavy atom. The summed E-state index contributed by atoms with van der Waals surface area (Å²) in [6.07, 6.45) is 6.42. The van der Waals surface area contributed by atoms with E-state index in [0.29, 0.717) is 12.0 Å². The average Bonchev–Trinajstić information content (AvgIpc) is 2.29. The molecule has 0 spiro atoms. The van der Waals surface area contributed by atoms with Gasteiger partial charge in [0.1, 0.15) is 5.82 Å². The SMILES string of the molecule is CCc1cc(C(C)=O)c(F)c2c1C=CCC2. The summed E-state index contributed by atoms with van der Waals surface area (Å²) in [5, 5.41) is 0. The van der Waals surface area contributed by atoms with Crippen LogP contribution in [0.4, 0.5) is 4.39 Å². The maximum Gasteiger partial charge on any atom is 0.162 e. The maximum absolute atomic E-state index is 14.1. The molecule has 1 aromatic carbocycles. The van der Waals surface area contributed by atoms with E-state index in [-0.39, 0.29) is 17.2 Å². The van der Waals surface area contributed by atoms with E-state index in [4.69, 9.17) is 0 Å². The fraction of sp³-hybridized carbons (Fsp3) is 0.357. The number of hydrogen-bond acceptors (Lipinski definition) is 1. The Balaban J connectivity index is 2.71. The third kappa shape index (κ3) is 1.69. The Kier molecular flexibility index (Phi) is 2.90. The Labute approximate surface area is 95.0 Å². The largest absolute Gasteiger partial charge is 0.294 e. The number of aryl methyl sites for hydroxylation is 1. The van der Waals surface area contributed by atoms with Crippen molar-refractivity contribution in [3.8, 4) is 0 Å². The van der Waals surface area contributed by atoms with Gasteiger partial charge >= 0.3 is 0 Å². The van der Waals surface area contributed by atoms with Gasteiger partial charge in [-0.2, -0.15) is 0 Å². The van der Waals surface area contributed by atoms with Crippen molar-refractivity contribution < 1.29 is 9.18 Å². The van der Waals surface area contributed by atoms with Crippen molar-refractivity contribution in [3.05, 3.63) is 40.2 Å². The summed E-state index contributed by atoms with van der Waals surface area (Å²) >= 11 is 0. The molecule has 0 N–H and O–H groups in total. The summed E-state index contributed by atoms with van der Waals surface area (Å²) < 4.78 is 14.1. The lowest BCUT2D eigenvalue weighted by molar-refractivity contribution is 0.101. The van der Waals surface area contributed by atoms with Crippen LogP contribution in [0, 0.1) is 5.82 Å². The molecular weight excluding hydrogens is 203 g/mol. The van der Waals surface area contributed by atoms with Gasteiger partial charge in [0.05, 0.1) is 5.56 Å². The highest BCUT2D eigenvalue weighted by molar-refractivity contribution is 5.95. The van der Waals surface area contributed by atoms with Crippen molar-refractivity contribution >= 4 is 11.9 Å². The monoisotopic (exact) mass is 218 g/mol. The van der Waals surface area contributed by atoms with Gasteiger partial charge in [0, 0.05) is 0 Å². The van der Waals surface area contributed by atoms with E-state index in [1.807, 2.05) is 13.0 Å². The van der Waals surface area contributed by atoms with E-state index in [0.717, 1.165) is 24.0 Å². The van der Waals surface area contributed by atoms with Gasteiger partial charge in [-0.15, -0.1) is 0 Å². The molecule has 0 saturated heterocycles. The summed E-state index contributed by atoms with van der Waals surface area (Å²) in [5.74, 6) is -0.506. The maximum atomic E-state index is 14.1. The zero-order valence-electron chi connectivity index (χ0n) is 9.64. The fourth-order valence-corrected chi connectivity index (χ4v) is 2.22. The van der Waals surface area contributed by atoms with E-state index in [1.54, 1.807) is 6.07 Å². The number of carbonyl (C=O) groups excluding carboxylic acids is 1. The molecule has 2 heteroatoms. The van der Waals surface area contributed by atoms with E-state index >= 15 is 0 Å². The molecule has 1 aromatic rings. The molecule has 0 fully saturated rings. The minimum absolute atomic E-state index is 0.190. The molecule has 0 atom stereocenters. The molecule has 1 nitrogen and oxygen atoms in total. The Morgan fingerprint density at radius 1 is 1.50 bits per heavy atom. The first-order chi connectivity index (χ1) is 7.65. The van der Waals surface area contributed by atoms with E-state index in [2.05, 4.69) is 6.08 Å². The Bertz CT molecular complexity index is 472. The number of Topliss-reactive ketones (excluding diaryl/α,β-unsaturated/α-hetero) is 1. The van der Waals surface area contributed by atoms with Gasteiger partial charge in [-0.3, -0.25) is 4.79 Å². The van der Waals surface area contributed by atoms with Crippen molar-refractivity contribution in [2.45, 2.75) is 33.1 Å². The van der Waals surface area contributed by atoms with Crippen LogP contribution in [0.1, 0.15) is 47.3 Å². The lowest BCUT2D eigenvalue weighted by atomic mass is 9.88. The van der Waals surface area contributed by atoms with Gasteiger partial charge < -0.3 is 0 Å². The van der Waals surface area contributed by atoms with Crippen LogP contribution in [-0.4, -0.2) is 5.78 Å². The van der Waals surface area contributed by atoms with Crippen LogP contribution in [0.25, 0.3) is 6.08 Å². The topological polar surface area (TPSA) is 17.1 Å². The van der Waals surface area contributed by atoms with Crippen molar-refractivity contribution in [2.24, 2.45) is 0 Å². The minimum Gasteiger partial charge on any atom is -0.294 e. The van der Waals surface area contributed by atoms with E-state index < -0.39 is 0 Å². The first kappa shape index (κ1) is 11.1. The highest BCUT2D eigenvalue weighted by Gasteiger charge is 2.19. The molecule has 0 aliphatic heterocycles. The third-order valence-electron chi connectivity index (χ3n) is 3.10. The van der Waals surface area contributed by atoms with Crippen LogP contribution in [0.15, 0.2) is 12.1 Å². The summed E-state index contributed by atoms with van der Waals surface area (Å²) in [5.41, 5.74) is 3.01. The van der Waals surface area contributed by atoms with Crippen molar-refractivity contribution in [1.29, 1.82) is 0 Å². The van der Waals surface area contributed by atoms with Gasteiger partial charge in [-0.1, -0.05) is 19.1 Å². The smallest absolute Gasteiger partial charge is 0.162 e. The highest BCUT2D eigenvalue weighted by Crippen LogP contribution is 2.28. The number of rotatable bonds is 2. The Hall–Kier alpha value is -1.44. The highest BCUT2D eigenvalue weighted by atomic mass is 19.1. The number of carbonyl (C=O) groups is 1. The fourth-order valence-electron chi connectivity index (χ4n) is 2.22. The van der Waals surface area contributed by atoms with Crippen LogP contribution < -0.4 is 0 Å². The predicted octanol–water partition coefficient (Wildman–Crippen LogP) is 3.55. The van der Waals surface area contributed by atoms with Crippen LogP contribution in [0.5, 0.6) is 0 Å². The standard InChI is InChI=1S/C14H15FO/c1-3-10-8-13(9(2)16)14(15)12-7-5-4-6-11(10)12/h4,6,8H,3,5,7H2,1-2H3. The molecule has 1 aliphatic rings. The van der Waals surface area contributed by atoms with Crippen molar-refractivity contribution in [3.63, 3.8) is 0 Å². The van der Waals surface area contributed by atoms with Gasteiger partial charge in [0.15, 0.2) is 5.78 Å². The van der Waals surface area contributed by atoms with Gasteiger partial charge in [0.25, 0.3) is 0 Å². The zero-order chi connectivity index (χ0) is 11.7. The average molecular weight is 218 g/mol. The van der Waals surface area contributed by atoms with Crippen LogP contribution in [-0.2, 0) is 12.8 Å². The zero-order valence-corrected chi connectivity index (χ0v) is 9.64. The normalized spacial score (nSPS) is 13.7. The number of fused-ring (bicyclic) bond motifs is 1. The lowest BCUT2D eigenvalue weighted by Crippen LogP contribution is -2.08. The van der Waals surface area contributed by atoms with Gasteiger partial charge in [-0.25, -0.2) is 4.39 Å². The number of allylic oxidation sites excluding steroid dienone is 1. The molecule has 0 radical (unpaired) electrons. The van der Waals surface area contributed by atoms with Gasteiger partial charge in [-0.05, 0) is 48.9 Å². The molecule has 0 aromatic heterocycles. The number of ketones is 1. The minimum atomic E-state index is -0.316. The molecule has 0 unspecified atom stereocenters. The lowest BCUT2D eigenvalue weighted by Gasteiger charge is -2.17. The predicted molar refractivity (Wildman–Crippen MR) is 63.1 cm³/mol. The first-order valence-corrected chi connectivity index (χ1v) is 5.66. The summed E-state index contributed by atoms with van der Waals surface area (Å²) in [4.78, 5) is 11.4. The number of benzene rings is 1. The van der Waals surface area contributed by atoms with Crippen LogP contribution >= 0.6 is 0 Å². The molecular formula is C14H15FO. The quantitative estimate of drug-likeness (QED) is 0.694. The molecule has 84 valence electrons. The summed E-state index contributed by atoms with van der Waals surface area (Å²) in [6, 6.07) is 1.70. The Morgan fingerprint density at radius 3 is 2.88 bits per heavy atom. The molecule has 2 rings (SSSR count). The van der Waals surface area contributed by atoms with E-state index in [1.165, 1.54) is 6.92 Å². The molecule has 0 saturated carbocycles. The number of hydrogen-bond donors (Lipinski definition) is 0. The molecule has 0 amide bonds. The second kappa shape index (κ2) is 4.20. The summed E-state index contributed by atoms with van der Waals surface area (Å²) in [7, 11) is 0. The molecule has 1 aliphatic carbocycles. The molecule has 0 bridgehead atoms. The van der Waals surface area contributed by atoms with Crippen molar-refractivity contribution in [2.75, 3.05) is 0 Å². The van der Waals surface area contributed by atoms with Crippen LogP contribution in [0.3, 0.4) is 0 Å². The van der Waals surface area contributed by atoms with E-state index in [9.17, 15) is 9.18 Å².